The molecule has 0 rings (SSSR count). The molecule has 88 valence electrons. The molecule has 0 heterocycles. The zero-order valence-electron chi connectivity index (χ0n) is 11.8. The summed E-state index contributed by atoms with van der Waals surface area (Å²) in [5, 5.41) is 0. The summed E-state index contributed by atoms with van der Waals surface area (Å²) in [6, 6.07) is 0. The Hall–Kier alpha value is -0.260. The monoisotopic (exact) mass is 200 g/mol. The van der Waals surface area contributed by atoms with E-state index >= 15 is 0 Å². The zero-order chi connectivity index (χ0) is 12.2. The molecule has 1 unspecified atom stereocenters. The Morgan fingerprint density at radius 2 is 1.43 bits per heavy atom. The molecule has 0 nitrogen and oxygen atoms in total. The van der Waals surface area contributed by atoms with Crippen LogP contribution in [-0.2, 0) is 0 Å². The maximum absolute atomic E-state index is 3.68. The van der Waals surface area contributed by atoms with Crippen molar-refractivity contribution >= 4 is 0 Å². The van der Waals surface area contributed by atoms with Gasteiger partial charge in [0.05, 0.1) is 0 Å². The summed E-state index contributed by atoms with van der Waals surface area (Å²) in [7, 11) is 0. The molecule has 0 aromatic heterocycles. The maximum Gasteiger partial charge on any atom is -0.0265 e. The van der Waals surface area contributed by atoms with E-state index in [9.17, 15) is 0 Å². The van der Waals surface area contributed by atoms with E-state index in [0.717, 1.165) is 0 Å². The number of hydrogen-bond donors (Lipinski definition) is 0. The van der Waals surface area contributed by atoms with Gasteiger partial charge in [0.15, 0.2) is 0 Å². The standard InChI is InChI=1S/C7H14.C5H12.C2H6/c1-4-6-7(3)5-2;1-5(2,3)4;1-2/h5,7H,2,4,6H2,1,3H3;1-4H3;1-2H3. The Morgan fingerprint density at radius 3 is 1.50 bits per heavy atom. The van der Waals surface area contributed by atoms with Crippen LogP contribution in [0.3, 0.4) is 0 Å². The van der Waals surface area contributed by atoms with E-state index in [1.807, 2.05) is 19.9 Å². The van der Waals surface area contributed by atoms with Crippen LogP contribution < -0.4 is 0 Å². The lowest BCUT2D eigenvalue weighted by atomic mass is 10.0. The third kappa shape index (κ3) is 60.3. The molecule has 0 bridgehead atoms. The topological polar surface area (TPSA) is 0 Å². The largest absolute Gasteiger partial charge is 0.103 e. The summed E-state index contributed by atoms with van der Waals surface area (Å²) >= 11 is 0. The first-order valence-electron chi connectivity index (χ1n) is 5.93. The van der Waals surface area contributed by atoms with Gasteiger partial charge >= 0.3 is 0 Å². The van der Waals surface area contributed by atoms with Gasteiger partial charge in [-0.2, -0.15) is 0 Å². The highest BCUT2D eigenvalue weighted by Gasteiger charge is 1.95. The summed E-state index contributed by atoms with van der Waals surface area (Å²) in [6.45, 7) is 20.8. The molecule has 0 saturated carbocycles. The van der Waals surface area contributed by atoms with Crippen LogP contribution in [0.15, 0.2) is 12.7 Å². The van der Waals surface area contributed by atoms with Crippen LogP contribution in [-0.4, -0.2) is 0 Å². The Bertz CT molecular complexity index is 89.1. The second kappa shape index (κ2) is 12.7. The van der Waals surface area contributed by atoms with Gasteiger partial charge in [-0.1, -0.05) is 67.9 Å². The Kier molecular flexibility index (Phi) is 17.6. The fraction of sp³-hybridized carbons (Fsp3) is 0.857. The molecule has 1 atom stereocenters. The van der Waals surface area contributed by atoms with E-state index in [0.29, 0.717) is 11.3 Å². The van der Waals surface area contributed by atoms with Crippen LogP contribution in [0.5, 0.6) is 0 Å². The highest BCUT2D eigenvalue weighted by atomic mass is 14.0. The lowest BCUT2D eigenvalue weighted by molar-refractivity contribution is 0.469. The third-order valence-electron chi connectivity index (χ3n) is 1.15. The molecular weight excluding hydrogens is 168 g/mol. The van der Waals surface area contributed by atoms with Crippen molar-refractivity contribution in [3.8, 4) is 0 Å². The molecule has 0 N–H and O–H groups in total. The summed E-state index contributed by atoms with van der Waals surface area (Å²) in [4.78, 5) is 0. The number of allylic oxidation sites excluding steroid dienone is 1. The van der Waals surface area contributed by atoms with Gasteiger partial charge in [-0.15, -0.1) is 6.58 Å². The van der Waals surface area contributed by atoms with Crippen molar-refractivity contribution < 1.29 is 0 Å². The van der Waals surface area contributed by atoms with Gasteiger partial charge in [0, 0.05) is 0 Å². The average Bonchev–Trinajstić information content (AvgIpc) is 2.05. The van der Waals surface area contributed by atoms with Crippen molar-refractivity contribution in [2.24, 2.45) is 11.3 Å². The quantitative estimate of drug-likeness (QED) is 0.514. The van der Waals surface area contributed by atoms with E-state index in [1.54, 1.807) is 0 Å². The van der Waals surface area contributed by atoms with Crippen LogP contribution in [0, 0.1) is 11.3 Å². The molecule has 0 fully saturated rings. The predicted molar refractivity (Wildman–Crippen MR) is 70.7 cm³/mol. The molecule has 0 radical (unpaired) electrons. The molecule has 14 heavy (non-hydrogen) atoms. The smallest absolute Gasteiger partial charge is 0.0265 e. The van der Waals surface area contributed by atoms with Crippen molar-refractivity contribution in [2.45, 2.75) is 68.2 Å². The Balaban J connectivity index is -0.000000152. The van der Waals surface area contributed by atoms with E-state index in [4.69, 9.17) is 0 Å². The van der Waals surface area contributed by atoms with Crippen molar-refractivity contribution in [1.29, 1.82) is 0 Å². The second-order valence-corrected chi connectivity index (χ2v) is 5.00. The molecule has 0 amide bonds. The molecule has 0 saturated heterocycles. The fourth-order valence-electron chi connectivity index (χ4n) is 0.573. The molecule has 0 aromatic carbocycles. The SMILES string of the molecule is C=CC(C)CCC.CC.CC(C)(C)C. The van der Waals surface area contributed by atoms with Crippen LogP contribution in [0.2, 0.25) is 0 Å². The van der Waals surface area contributed by atoms with Gasteiger partial charge in [-0.25, -0.2) is 0 Å². The maximum atomic E-state index is 3.68. The minimum absolute atomic E-state index is 0.500. The molecule has 0 aromatic rings. The van der Waals surface area contributed by atoms with E-state index in [1.165, 1.54) is 12.8 Å². The summed E-state index contributed by atoms with van der Waals surface area (Å²) < 4.78 is 0. The molecule has 0 spiro atoms. The first-order chi connectivity index (χ1) is 6.31. The first kappa shape index (κ1) is 19.3. The number of hydrogen-bond acceptors (Lipinski definition) is 0. The molecular formula is C14H32. The zero-order valence-corrected chi connectivity index (χ0v) is 11.8. The Morgan fingerprint density at radius 1 is 1.14 bits per heavy atom. The average molecular weight is 200 g/mol. The van der Waals surface area contributed by atoms with Gasteiger partial charge < -0.3 is 0 Å². The van der Waals surface area contributed by atoms with Gasteiger partial charge in [0.25, 0.3) is 0 Å². The molecule has 0 aliphatic heterocycles. The van der Waals surface area contributed by atoms with Gasteiger partial charge in [0.1, 0.15) is 0 Å². The van der Waals surface area contributed by atoms with Crippen LogP contribution in [0.1, 0.15) is 68.2 Å². The van der Waals surface area contributed by atoms with Crippen LogP contribution in [0.25, 0.3) is 0 Å². The molecule has 0 aliphatic carbocycles. The highest BCUT2D eigenvalue weighted by Crippen LogP contribution is 2.08. The lowest BCUT2D eigenvalue weighted by Crippen LogP contribution is -1.93. The third-order valence-corrected chi connectivity index (χ3v) is 1.15. The van der Waals surface area contributed by atoms with Crippen LogP contribution >= 0.6 is 0 Å². The predicted octanol–water partition coefficient (Wildman–Crippen LogP) is 5.69. The van der Waals surface area contributed by atoms with Gasteiger partial charge in [0.2, 0.25) is 0 Å². The second-order valence-electron chi connectivity index (χ2n) is 5.00. The van der Waals surface area contributed by atoms with Crippen LogP contribution in [0.4, 0.5) is 0 Å². The first-order valence-corrected chi connectivity index (χ1v) is 5.93. The fourth-order valence-corrected chi connectivity index (χ4v) is 0.573. The summed E-state index contributed by atoms with van der Waals surface area (Å²) in [5.41, 5.74) is 0.500. The number of rotatable bonds is 3. The van der Waals surface area contributed by atoms with E-state index in [-0.39, 0.29) is 0 Å². The minimum Gasteiger partial charge on any atom is -0.103 e. The molecule has 0 aliphatic rings. The van der Waals surface area contributed by atoms with Crippen molar-refractivity contribution in [2.75, 3.05) is 0 Å². The van der Waals surface area contributed by atoms with Gasteiger partial charge in [-0.05, 0) is 17.8 Å². The van der Waals surface area contributed by atoms with Crippen molar-refractivity contribution in [1.82, 2.24) is 0 Å². The minimum atomic E-state index is 0.500. The lowest BCUT2D eigenvalue weighted by Gasteiger charge is -2.05. The normalized spacial score (nSPS) is 11.4. The van der Waals surface area contributed by atoms with E-state index in [2.05, 4.69) is 48.1 Å². The molecule has 0 heteroatoms. The Labute approximate surface area is 92.8 Å². The van der Waals surface area contributed by atoms with Crippen molar-refractivity contribution in [3.63, 3.8) is 0 Å². The highest BCUT2D eigenvalue weighted by molar-refractivity contribution is 4.73. The summed E-state index contributed by atoms with van der Waals surface area (Å²) in [6.07, 6.45) is 4.56. The summed E-state index contributed by atoms with van der Waals surface area (Å²) in [5.74, 6) is 0.713. The van der Waals surface area contributed by atoms with E-state index < -0.39 is 0 Å². The van der Waals surface area contributed by atoms with Crippen molar-refractivity contribution in [3.05, 3.63) is 12.7 Å². The van der Waals surface area contributed by atoms with Gasteiger partial charge in [-0.3, -0.25) is 0 Å².